The first-order chi connectivity index (χ1) is 11.1. The molecular formula is C18H20N4O. The Kier molecular flexibility index (Phi) is 4.02. The van der Waals surface area contributed by atoms with Crippen molar-refractivity contribution >= 4 is 22.6 Å². The molecule has 0 saturated carbocycles. The van der Waals surface area contributed by atoms with Gasteiger partial charge in [-0.3, -0.25) is 9.58 Å². The van der Waals surface area contributed by atoms with E-state index in [4.69, 9.17) is 5.73 Å². The third-order valence-corrected chi connectivity index (χ3v) is 4.10. The van der Waals surface area contributed by atoms with Crippen LogP contribution in [0.2, 0.25) is 0 Å². The van der Waals surface area contributed by atoms with E-state index in [1.807, 2.05) is 37.4 Å². The molecule has 3 aromatic rings. The normalized spacial score (nSPS) is 10.9. The van der Waals surface area contributed by atoms with Crippen LogP contribution in [0.25, 0.3) is 10.9 Å². The van der Waals surface area contributed by atoms with Gasteiger partial charge in [0.25, 0.3) is 0 Å². The van der Waals surface area contributed by atoms with Crippen molar-refractivity contribution in [3.8, 4) is 0 Å². The average Bonchev–Trinajstić information content (AvgIpc) is 2.94. The maximum Gasteiger partial charge on any atom is 0.319 e. The van der Waals surface area contributed by atoms with Crippen LogP contribution in [0, 0.1) is 0 Å². The zero-order valence-corrected chi connectivity index (χ0v) is 13.4. The number of primary amides is 1. The van der Waals surface area contributed by atoms with E-state index in [9.17, 15) is 4.79 Å². The van der Waals surface area contributed by atoms with Gasteiger partial charge < -0.3 is 5.73 Å². The van der Waals surface area contributed by atoms with Gasteiger partial charge in [0.1, 0.15) is 0 Å². The molecule has 0 aliphatic rings. The highest BCUT2D eigenvalue weighted by Crippen LogP contribution is 2.27. The van der Waals surface area contributed by atoms with Crippen molar-refractivity contribution in [2.24, 2.45) is 12.8 Å². The van der Waals surface area contributed by atoms with Gasteiger partial charge in [0.15, 0.2) is 0 Å². The minimum absolute atomic E-state index is 0.438. The fraction of sp³-hybridized carbons (Fsp3) is 0.222. The van der Waals surface area contributed by atoms with E-state index < -0.39 is 6.03 Å². The fourth-order valence-electron chi connectivity index (χ4n) is 2.74. The molecule has 5 nitrogen and oxygen atoms in total. The van der Waals surface area contributed by atoms with Crippen LogP contribution < -0.4 is 10.6 Å². The molecule has 2 aromatic carbocycles. The molecule has 0 saturated heterocycles. The molecule has 0 spiro atoms. The molecule has 0 fully saturated rings. The summed E-state index contributed by atoms with van der Waals surface area (Å²) in [5.74, 6) is 0. The molecule has 0 aliphatic carbocycles. The van der Waals surface area contributed by atoms with E-state index in [1.165, 1.54) is 5.56 Å². The number of aryl methyl sites for hydroxylation is 2. The molecule has 0 aliphatic heterocycles. The number of hydrogen-bond acceptors (Lipinski definition) is 2. The summed E-state index contributed by atoms with van der Waals surface area (Å²) < 4.78 is 1.79. The van der Waals surface area contributed by atoms with E-state index in [-0.39, 0.29) is 0 Å². The first-order valence-electron chi connectivity index (χ1n) is 7.65. The fourth-order valence-corrected chi connectivity index (χ4v) is 2.74. The molecule has 5 heteroatoms. The second-order valence-electron chi connectivity index (χ2n) is 5.57. The van der Waals surface area contributed by atoms with E-state index in [1.54, 1.807) is 15.8 Å². The lowest BCUT2D eigenvalue weighted by molar-refractivity contribution is 0.253. The van der Waals surface area contributed by atoms with Gasteiger partial charge in [-0.2, -0.15) is 5.10 Å². The lowest BCUT2D eigenvalue weighted by atomic mass is 10.1. The third-order valence-electron chi connectivity index (χ3n) is 4.10. The first kappa shape index (κ1) is 15.1. The number of carbonyl (C=O) groups excluding carboxylic acids is 1. The number of aromatic nitrogens is 2. The maximum absolute atomic E-state index is 12.0. The number of anilines is 1. The Morgan fingerprint density at radius 1 is 1.17 bits per heavy atom. The molecule has 118 valence electrons. The van der Waals surface area contributed by atoms with Crippen LogP contribution in [0.3, 0.4) is 0 Å². The van der Waals surface area contributed by atoms with Gasteiger partial charge >= 0.3 is 6.03 Å². The Labute approximate surface area is 135 Å². The predicted octanol–water partition coefficient (Wildman–Crippen LogP) is 3.22. The number of carbonyl (C=O) groups is 1. The van der Waals surface area contributed by atoms with Crippen LogP contribution in [0.5, 0.6) is 0 Å². The lowest BCUT2D eigenvalue weighted by Gasteiger charge is -2.21. The predicted molar refractivity (Wildman–Crippen MR) is 92.3 cm³/mol. The molecule has 2 N–H and O–H groups in total. The zero-order chi connectivity index (χ0) is 16.4. The monoisotopic (exact) mass is 308 g/mol. The molecule has 1 aromatic heterocycles. The minimum atomic E-state index is -0.471. The van der Waals surface area contributed by atoms with Crippen LogP contribution in [0.1, 0.15) is 18.1 Å². The molecule has 3 rings (SSSR count). The number of benzene rings is 2. The summed E-state index contributed by atoms with van der Waals surface area (Å²) in [6.07, 6.45) is 2.76. The second-order valence-corrected chi connectivity index (χ2v) is 5.57. The zero-order valence-electron chi connectivity index (χ0n) is 13.4. The summed E-state index contributed by atoms with van der Waals surface area (Å²) in [7, 11) is 1.88. The Balaban J connectivity index is 1.98. The van der Waals surface area contributed by atoms with Crippen LogP contribution in [-0.4, -0.2) is 15.8 Å². The second kappa shape index (κ2) is 6.12. The number of nitrogens with two attached hydrogens (primary N) is 1. The van der Waals surface area contributed by atoms with Gasteiger partial charge in [-0.25, -0.2) is 4.79 Å². The molecular weight excluding hydrogens is 288 g/mol. The summed E-state index contributed by atoms with van der Waals surface area (Å²) in [6, 6.07) is 13.6. The van der Waals surface area contributed by atoms with E-state index in [0.29, 0.717) is 6.54 Å². The number of fused-ring (bicyclic) bond motifs is 1. The number of rotatable bonds is 4. The van der Waals surface area contributed by atoms with Crippen molar-refractivity contribution in [2.45, 2.75) is 19.9 Å². The van der Waals surface area contributed by atoms with Gasteiger partial charge in [0.2, 0.25) is 0 Å². The highest BCUT2D eigenvalue weighted by Gasteiger charge is 2.17. The smallest absolute Gasteiger partial charge is 0.319 e. The van der Waals surface area contributed by atoms with Gasteiger partial charge in [-0.1, -0.05) is 37.3 Å². The summed E-state index contributed by atoms with van der Waals surface area (Å²) >= 11 is 0. The summed E-state index contributed by atoms with van der Waals surface area (Å²) in [5.41, 5.74) is 9.69. The quantitative estimate of drug-likeness (QED) is 0.804. The topological polar surface area (TPSA) is 64.2 Å². The molecule has 0 atom stereocenters. The standard InChI is InChI=1S/C18H20N4O/c1-3-13-7-9-14(10-8-13)12-22(18(19)23)17-6-4-5-16-15(17)11-20-21(16)2/h4-11H,3,12H2,1-2H3,(H2,19,23). The third kappa shape index (κ3) is 2.90. The number of urea groups is 1. The van der Waals surface area contributed by atoms with Gasteiger partial charge in [-0.15, -0.1) is 0 Å². The van der Waals surface area contributed by atoms with Crippen LogP contribution in [0.4, 0.5) is 10.5 Å². The van der Waals surface area contributed by atoms with Crippen LogP contribution >= 0.6 is 0 Å². The highest BCUT2D eigenvalue weighted by atomic mass is 16.2. The van der Waals surface area contributed by atoms with E-state index in [2.05, 4.69) is 24.2 Å². The van der Waals surface area contributed by atoms with E-state index >= 15 is 0 Å². The SMILES string of the molecule is CCc1ccc(CN(C(N)=O)c2cccc3c2cnn3C)cc1. The minimum Gasteiger partial charge on any atom is -0.351 e. The Bertz CT molecular complexity index is 836. The highest BCUT2D eigenvalue weighted by molar-refractivity contribution is 6.01. The molecule has 23 heavy (non-hydrogen) atoms. The maximum atomic E-state index is 12.0. The van der Waals surface area contributed by atoms with E-state index in [0.717, 1.165) is 28.6 Å². The van der Waals surface area contributed by atoms with Crippen molar-refractivity contribution < 1.29 is 4.79 Å². The van der Waals surface area contributed by atoms with Crippen molar-refractivity contribution in [1.82, 2.24) is 9.78 Å². The van der Waals surface area contributed by atoms with Crippen molar-refractivity contribution in [1.29, 1.82) is 0 Å². The molecule has 0 unspecified atom stereocenters. The average molecular weight is 308 g/mol. The summed E-state index contributed by atoms with van der Waals surface area (Å²) in [5, 5.41) is 5.18. The number of hydrogen-bond donors (Lipinski definition) is 1. The Morgan fingerprint density at radius 2 is 1.87 bits per heavy atom. The molecule has 2 amide bonds. The van der Waals surface area contributed by atoms with Crippen molar-refractivity contribution in [3.63, 3.8) is 0 Å². The van der Waals surface area contributed by atoms with Gasteiger partial charge in [0.05, 0.1) is 23.9 Å². The van der Waals surface area contributed by atoms with Gasteiger partial charge in [-0.05, 0) is 29.7 Å². The molecule has 0 radical (unpaired) electrons. The van der Waals surface area contributed by atoms with Crippen molar-refractivity contribution in [2.75, 3.05) is 4.90 Å². The Hall–Kier alpha value is -2.82. The number of amides is 2. The largest absolute Gasteiger partial charge is 0.351 e. The van der Waals surface area contributed by atoms with Crippen LogP contribution in [-0.2, 0) is 20.0 Å². The lowest BCUT2D eigenvalue weighted by Crippen LogP contribution is -2.35. The van der Waals surface area contributed by atoms with Crippen LogP contribution in [0.15, 0.2) is 48.7 Å². The molecule has 1 heterocycles. The number of nitrogens with zero attached hydrogens (tertiary/aromatic N) is 3. The molecule has 0 bridgehead atoms. The Morgan fingerprint density at radius 3 is 2.52 bits per heavy atom. The summed E-state index contributed by atoms with van der Waals surface area (Å²) in [4.78, 5) is 13.6. The summed E-state index contributed by atoms with van der Waals surface area (Å²) in [6.45, 7) is 2.56. The first-order valence-corrected chi connectivity index (χ1v) is 7.65. The van der Waals surface area contributed by atoms with Gasteiger partial charge in [0, 0.05) is 12.4 Å². The van der Waals surface area contributed by atoms with Crippen molar-refractivity contribution in [3.05, 3.63) is 59.8 Å².